The molecule has 2 atom stereocenters. The molecule has 2 rings (SSSR count). The quantitative estimate of drug-likeness (QED) is 0.433. The minimum Gasteiger partial charge on any atom is -0.356 e. The average molecular weight is 420 g/mol. The van der Waals surface area contributed by atoms with Crippen molar-refractivity contribution in [1.29, 1.82) is 0 Å². The predicted molar refractivity (Wildman–Crippen MR) is 97.6 cm³/mol. The molecule has 0 aromatic heterocycles. The van der Waals surface area contributed by atoms with Crippen LogP contribution >= 0.6 is 11.6 Å². The molecule has 1 aliphatic rings. The van der Waals surface area contributed by atoms with Gasteiger partial charge in [0.2, 0.25) is 5.91 Å². The van der Waals surface area contributed by atoms with Gasteiger partial charge in [-0.05, 0) is 24.5 Å². The Balaban J connectivity index is 2.07. The molecule has 148 valence electrons. The lowest BCUT2D eigenvalue weighted by molar-refractivity contribution is -0.123. The minimum atomic E-state index is -4.79. The number of hydrogen-bond acceptors (Lipinski definition) is 5. The molecule has 0 radical (unpaired) electrons. The van der Waals surface area contributed by atoms with Crippen LogP contribution in [0.5, 0.6) is 0 Å². The predicted octanol–water partition coefficient (Wildman–Crippen LogP) is 1.31. The topological polar surface area (TPSA) is 121 Å². The maximum absolute atomic E-state index is 13.0. The molecule has 3 N–H and O–H groups in total. The van der Waals surface area contributed by atoms with Gasteiger partial charge in [0.1, 0.15) is 5.75 Å². The van der Waals surface area contributed by atoms with Crippen LogP contribution in [0.2, 0.25) is 0 Å². The van der Waals surface area contributed by atoms with Crippen LogP contribution in [0, 0.1) is 5.92 Å². The van der Waals surface area contributed by atoms with Gasteiger partial charge in [0.25, 0.3) is 0 Å². The number of anilines is 1. The first-order chi connectivity index (χ1) is 12.7. The molecule has 0 saturated carbocycles. The number of para-hydroxylation sites is 1. The summed E-state index contributed by atoms with van der Waals surface area (Å²) in [6, 6.07) is 4.03. The molecule has 0 spiro atoms. The summed E-state index contributed by atoms with van der Waals surface area (Å²) >= 11 is 5.58. The molecule has 1 aromatic carbocycles. The van der Waals surface area contributed by atoms with Crippen molar-refractivity contribution in [3.63, 3.8) is 0 Å². The molecule has 0 aliphatic carbocycles. The largest absolute Gasteiger partial charge is 0.356 e. The Labute approximate surface area is 161 Å². The number of Topliss-reactive ketones (excluding diaryl/α,β-unsaturated/α-hetero) is 1. The maximum atomic E-state index is 13.0. The fraction of sp³-hybridized carbons (Fsp3) is 0.438. The number of alkyl halides is 1. The Morgan fingerprint density at radius 3 is 2.63 bits per heavy atom. The standard InChI is InChI=1S/C16H19ClFN3O5S/c17-8-14(22)13(7-10-5-6-19-15(10)23)21-16(24)20-12-4-2-1-3-11(12)9-27(18,25)26/h1-4,10,13H,5-9H2,(H,19,23)(H2,20,21,24). The van der Waals surface area contributed by atoms with Gasteiger partial charge in [-0.15, -0.1) is 15.5 Å². The lowest BCUT2D eigenvalue weighted by Gasteiger charge is -2.20. The van der Waals surface area contributed by atoms with Gasteiger partial charge < -0.3 is 16.0 Å². The van der Waals surface area contributed by atoms with E-state index in [0.29, 0.717) is 13.0 Å². The fourth-order valence-electron chi connectivity index (χ4n) is 2.79. The van der Waals surface area contributed by atoms with Crippen molar-refractivity contribution in [2.24, 2.45) is 5.92 Å². The van der Waals surface area contributed by atoms with E-state index in [4.69, 9.17) is 11.6 Å². The third-order valence-corrected chi connectivity index (χ3v) is 5.02. The molecule has 1 aliphatic heterocycles. The maximum Gasteiger partial charge on any atom is 0.319 e. The van der Waals surface area contributed by atoms with Crippen LogP contribution in [0.25, 0.3) is 0 Å². The number of carbonyl (C=O) groups is 3. The smallest absolute Gasteiger partial charge is 0.319 e. The van der Waals surface area contributed by atoms with Gasteiger partial charge in [0, 0.05) is 18.2 Å². The zero-order valence-corrected chi connectivity index (χ0v) is 15.8. The highest BCUT2D eigenvalue weighted by atomic mass is 35.5. The van der Waals surface area contributed by atoms with E-state index < -0.39 is 39.8 Å². The fourth-order valence-corrected chi connectivity index (χ4v) is 3.60. The van der Waals surface area contributed by atoms with Gasteiger partial charge in [-0.2, -0.15) is 8.42 Å². The molecule has 0 bridgehead atoms. The summed E-state index contributed by atoms with van der Waals surface area (Å²) in [5, 5.41) is 7.50. The number of nitrogens with one attached hydrogen (secondary N) is 3. The highest BCUT2D eigenvalue weighted by molar-refractivity contribution is 7.85. The van der Waals surface area contributed by atoms with Crippen molar-refractivity contribution in [3.8, 4) is 0 Å². The summed E-state index contributed by atoms with van der Waals surface area (Å²) in [7, 11) is -4.79. The van der Waals surface area contributed by atoms with Crippen molar-refractivity contribution < 1.29 is 26.7 Å². The van der Waals surface area contributed by atoms with E-state index in [1.54, 1.807) is 0 Å². The molecule has 1 fully saturated rings. The van der Waals surface area contributed by atoms with E-state index in [2.05, 4.69) is 16.0 Å². The zero-order valence-electron chi connectivity index (χ0n) is 14.2. The minimum absolute atomic E-state index is 0.0607. The molecular weight excluding hydrogens is 401 g/mol. The van der Waals surface area contributed by atoms with Crippen LogP contribution in [0.4, 0.5) is 14.4 Å². The van der Waals surface area contributed by atoms with Gasteiger partial charge in [-0.1, -0.05) is 18.2 Å². The summed E-state index contributed by atoms with van der Waals surface area (Å²) in [5.41, 5.74) is 0.150. The summed E-state index contributed by atoms with van der Waals surface area (Å²) < 4.78 is 34.7. The van der Waals surface area contributed by atoms with Crippen LogP contribution in [-0.2, 0) is 25.6 Å². The normalized spacial score (nSPS) is 17.9. The van der Waals surface area contributed by atoms with Crippen molar-refractivity contribution in [2.45, 2.75) is 24.6 Å². The Morgan fingerprint density at radius 1 is 1.33 bits per heavy atom. The van der Waals surface area contributed by atoms with E-state index in [1.807, 2.05) is 0 Å². The highest BCUT2D eigenvalue weighted by Gasteiger charge is 2.31. The number of ketones is 1. The third kappa shape index (κ3) is 6.47. The summed E-state index contributed by atoms with van der Waals surface area (Å²) in [4.78, 5) is 36.0. The van der Waals surface area contributed by atoms with Gasteiger partial charge in [-0.25, -0.2) is 4.79 Å². The second-order valence-electron chi connectivity index (χ2n) is 6.10. The Bertz CT molecular complexity index is 833. The monoisotopic (exact) mass is 419 g/mol. The van der Waals surface area contributed by atoms with E-state index in [-0.39, 0.29) is 29.5 Å². The number of rotatable bonds is 8. The Morgan fingerprint density at radius 2 is 2.04 bits per heavy atom. The molecule has 2 unspecified atom stereocenters. The van der Waals surface area contributed by atoms with Crippen molar-refractivity contribution in [3.05, 3.63) is 29.8 Å². The molecule has 11 heteroatoms. The lowest BCUT2D eigenvalue weighted by Crippen LogP contribution is -2.45. The van der Waals surface area contributed by atoms with Gasteiger partial charge in [-0.3, -0.25) is 9.59 Å². The van der Waals surface area contributed by atoms with E-state index in [0.717, 1.165) is 0 Å². The first-order valence-corrected chi connectivity index (χ1v) is 10.2. The molecule has 1 saturated heterocycles. The number of halogens is 2. The van der Waals surface area contributed by atoms with Crippen molar-refractivity contribution >= 4 is 45.2 Å². The van der Waals surface area contributed by atoms with Crippen molar-refractivity contribution in [1.82, 2.24) is 10.6 Å². The molecule has 8 nitrogen and oxygen atoms in total. The lowest BCUT2D eigenvalue weighted by atomic mass is 9.96. The van der Waals surface area contributed by atoms with Crippen LogP contribution in [0.3, 0.4) is 0 Å². The van der Waals surface area contributed by atoms with E-state index in [1.165, 1.54) is 24.3 Å². The number of carbonyl (C=O) groups excluding carboxylic acids is 3. The van der Waals surface area contributed by atoms with Gasteiger partial charge >= 0.3 is 16.3 Å². The number of benzene rings is 1. The molecule has 1 aromatic rings. The second kappa shape index (κ2) is 9.14. The average Bonchev–Trinajstić information content (AvgIpc) is 2.99. The van der Waals surface area contributed by atoms with Crippen molar-refractivity contribution in [2.75, 3.05) is 17.7 Å². The van der Waals surface area contributed by atoms with Crippen LogP contribution < -0.4 is 16.0 Å². The van der Waals surface area contributed by atoms with Gasteiger partial charge in [0.15, 0.2) is 5.78 Å². The summed E-state index contributed by atoms with van der Waals surface area (Å²) in [5.74, 6) is -2.29. The number of amides is 3. The summed E-state index contributed by atoms with van der Waals surface area (Å²) in [6.07, 6.45) is 0.650. The summed E-state index contributed by atoms with van der Waals surface area (Å²) in [6.45, 7) is 0.503. The molecule has 3 amide bonds. The van der Waals surface area contributed by atoms with E-state index >= 15 is 0 Å². The van der Waals surface area contributed by atoms with Gasteiger partial charge in [0.05, 0.1) is 11.9 Å². The van der Waals surface area contributed by atoms with E-state index in [9.17, 15) is 26.7 Å². The zero-order chi connectivity index (χ0) is 20.0. The first kappa shape index (κ1) is 21.1. The molecule has 1 heterocycles. The molecular formula is C16H19ClFN3O5S. The van der Waals surface area contributed by atoms with Crippen LogP contribution in [0.1, 0.15) is 18.4 Å². The number of urea groups is 1. The Hall–Kier alpha value is -2.20. The SMILES string of the molecule is O=C(Nc1ccccc1CS(=O)(=O)F)NC(CC1CCNC1=O)C(=O)CCl. The highest BCUT2D eigenvalue weighted by Crippen LogP contribution is 2.20. The first-order valence-electron chi connectivity index (χ1n) is 8.13. The van der Waals surface area contributed by atoms with Crippen LogP contribution in [0.15, 0.2) is 24.3 Å². The second-order valence-corrected chi connectivity index (χ2v) is 7.74. The molecule has 27 heavy (non-hydrogen) atoms. The van der Waals surface area contributed by atoms with Crippen LogP contribution in [-0.4, -0.2) is 44.6 Å². The number of hydrogen-bond donors (Lipinski definition) is 3. The Kier molecular flexibility index (Phi) is 7.14. The third-order valence-electron chi connectivity index (χ3n) is 4.10.